The molecule has 0 aliphatic rings. The van der Waals surface area contributed by atoms with Gasteiger partial charge in [0.05, 0.1) is 6.42 Å². The van der Waals surface area contributed by atoms with Gasteiger partial charge < -0.3 is 5.73 Å². The highest BCUT2D eigenvalue weighted by Crippen LogP contribution is 2.27. The molecule has 15 heavy (non-hydrogen) atoms. The predicted molar refractivity (Wildman–Crippen MR) is 51.2 cm³/mol. The average Bonchev–Trinajstić information content (AvgIpc) is 2.02. The lowest BCUT2D eigenvalue weighted by Crippen LogP contribution is -2.20. The second-order valence-electron chi connectivity index (χ2n) is 2.98. The van der Waals surface area contributed by atoms with Crippen LogP contribution in [-0.4, -0.2) is 6.18 Å². The van der Waals surface area contributed by atoms with E-state index < -0.39 is 24.5 Å². The molecule has 0 aliphatic carbocycles. The third-order valence-electron chi connectivity index (χ3n) is 1.75. The van der Waals surface area contributed by atoms with Crippen molar-refractivity contribution in [3.63, 3.8) is 0 Å². The number of alkyl halides is 3. The molecule has 86 valence electrons. The number of hydrogen-bond acceptors (Lipinski definition) is 1. The van der Waals surface area contributed by atoms with E-state index in [4.69, 9.17) is 5.73 Å². The molecule has 6 heteroatoms. The summed E-state index contributed by atoms with van der Waals surface area (Å²) in [5, 5.41) is 0. The Morgan fingerprint density at radius 3 is 2.00 bits per heavy atom. The maximum Gasteiger partial charge on any atom is 0.390 e. The van der Waals surface area contributed by atoms with E-state index in [1.165, 1.54) is 12.1 Å². The number of hydrogen-bond donors (Lipinski definition) is 1. The SMILES string of the molecule is Cl.N[C@@H](CC(F)(F)F)c1ccc(F)cc1. The zero-order valence-electron chi connectivity index (χ0n) is 7.59. The van der Waals surface area contributed by atoms with Gasteiger partial charge in [0.25, 0.3) is 0 Å². The fraction of sp³-hybridized carbons (Fsp3) is 0.333. The van der Waals surface area contributed by atoms with Crippen LogP contribution in [0.15, 0.2) is 24.3 Å². The van der Waals surface area contributed by atoms with Crippen LogP contribution in [0.25, 0.3) is 0 Å². The summed E-state index contributed by atoms with van der Waals surface area (Å²) in [5.41, 5.74) is 5.57. The molecule has 2 N–H and O–H groups in total. The van der Waals surface area contributed by atoms with Gasteiger partial charge in [0.1, 0.15) is 5.82 Å². The third kappa shape index (κ3) is 4.99. The van der Waals surface area contributed by atoms with Crippen LogP contribution in [0.1, 0.15) is 18.0 Å². The zero-order chi connectivity index (χ0) is 10.8. The molecule has 0 aliphatic heterocycles. The lowest BCUT2D eigenvalue weighted by Gasteiger charge is -2.14. The maximum atomic E-state index is 12.4. The fourth-order valence-corrected chi connectivity index (χ4v) is 1.08. The summed E-state index contributed by atoms with van der Waals surface area (Å²) in [7, 11) is 0. The van der Waals surface area contributed by atoms with Crippen LogP contribution in [0.5, 0.6) is 0 Å². The Hall–Kier alpha value is -0.810. The van der Waals surface area contributed by atoms with Gasteiger partial charge in [-0.05, 0) is 17.7 Å². The molecule has 0 fully saturated rings. The molecule has 0 unspecified atom stereocenters. The van der Waals surface area contributed by atoms with Crippen LogP contribution in [0.3, 0.4) is 0 Å². The first-order valence-electron chi connectivity index (χ1n) is 3.96. The molecular weight excluding hydrogens is 234 g/mol. The second kappa shape index (κ2) is 5.32. The molecule has 1 rings (SSSR count). The molecule has 1 aromatic rings. The molecule has 0 bridgehead atoms. The van der Waals surface area contributed by atoms with Gasteiger partial charge in [-0.25, -0.2) is 4.39 Å². The fourth-order valence-electron chi connectivity index (χ4n) is 1.08. The lowest BCUT2D eigenvalue weighted by atomic mass is 10.0. The summed E-state index contributed by atoms with van der Waals surface area (Å²) < 4.78 is 48.2. The Bertz CT molecular complexity index is 296. The normalized spacial score (nSPS) is 13.1. The van der Waals surface area contributed by atoms with Gasteiger partial charge in [-0.15, -0.1) is 12.4 Å². The molecule has 1 nitrogen and oxygen atoms in total. The van der Waals surface area contributed by atoms with Crippen LogP contribution in [-0.2, 0) is 0 Å². The number of nitrogens with two attached hydrogens (primary N) is 1. The van der Waals surface area contributed by atoms with E-state index in [9.17, 15) is 17.6 Å². The standard InChI is InChI=1S/C9H9F4N.ClH/c10-7-3-1-6(2-4-7)8(14)5-9(11,12)13;/h1-4,8H,5,14H2;1H/t8-;/m0./s1. The molecule has 1 aromatic carbocycles. The molecule has 0 saturated carbocycles. The van der Waals surface area contributed by atoms with Crippen molar-refractivity contribution in [2.24, 2.45) is 5.73 Å². The van der Waals surface area contributed by atoms with Gasteiger partial charge in [0.2, 0.25) is 0 Å². The number of rotatable bonds is 2. The minimum Gasteiger partial charge on any atom is -0.324 e. The molecule has 0 saturated heterocycles. The lowest BCUT2D eigenvalue weighted by molar-refractivity contribution is -0.138. The van der Waals surface area contributed by atoms with Crippen molar-refractivity contribution in [2.75, 3.05) is 0 Å². The van der Waals surface area contributed by atoms with Gasteiger partial charge in [-0.1, -0.05) is 12.1 Å². The molecule has 0 aromatic heterocycles. The Balaban J connectivity index is 0.00000196. The second-order valence-corrected chi connectivity index (χ2v) is 2.98. The first-order chi connectivity index (χ1) is 6.38. The van der Waals surface area contributed by atoms with Crippen molar-refractivity contribution >= 4 is 12.4 Å². The Morgan fingerprint density at radius 2 is 1.60 bits per heavy atom. The molecule has 0 spiro atoms. The van der Waals surface area contributed by atoms with Crippen LogP contribution >= 0.6 is 12.4 Å². The topological polar surface area (TPSA) is 26.0 Å². The molecule has 0 amide bonds. The third-order valence-corrected chi connectivity index (χ3v) is 1.75. The van der Waals surface area contributed by atoms with Gasteiger partial charge in [0, 0.05) is 6.04 Å². The first kappa shape index (κ1) is 14.2. The van der Waals surface area contributed by atoms with Gasteiger partial charge in [-0.3, -0.25) is 0 Å². The average molecular weight is 244 g/mol. The maximum absolute atomic E-state index is 12.4. The van der Waals surface area contributed by atoms with Crippen LogP contribution in [0.4, 0.5) is 17.6 Å². The van der Waals surface area contributed by atoms with Crippen LogP contribution < -0.4 is 5.73 Å². The summed E-state index contributed by atoms with van der Waals surface area (Å²) in [6.45, 7) is 0. The Kier molecular flexibility index (Phi) is 5.03. The van der Waals surface area contributed by atoms with Gasteiger partial charge in [0.15, 0.2) is 0 Å². The first-order valence-corrected chi connectivity index (χ1v) is 3.96. The van der Waals surface area contributed by atoms with Crippen molar-refractivity contribution in [1.29, 1.82) is 0 Å². The van der Waals surface area contributed by atoms with Crippen LogP contribution in [0, 0.1) is 5.82 Å². The monoisotopic (exact) mass is 243 g/mol. The van der Waals surface area contributed by atoms with E-state index in [1.54, 1.807) is 0 Å². The smallest absolute Gasteiger partial charge is 0.324 e. The van der Waals surface area contributed by atoms with Crippen LogP contribution in [0.2, 0.25) is 0 Å². The van der Waals surface area contributed by atoms with E-state index in [1.807, 2.05) is 0 Å². The predicted octanol–water partition coefficient (Wildman–Crippen LogP) is 3.20. The summed E-state index contributed by atoms with van der Waals surface area (Å²) in [6, 6.07) is 3.56. The summed E-state index contributed by atoms with van der Waals surface area (Å²) in [6.07, 6.45) is -5.40. The van der Waals surface area contributed by atoms with E-state index >= 15 is 0 Å². The van der Waals surface area contributed by atoms with Crippen molar-refractivity contribution in [1.82, 2.24) is 0 Å². The molecule has 1 atom stereocenters. The highest BCUT2D eigenvalue weighted by atomic mass is 35.5. The highest BCUT2D eigenvalue weighted by Gasteiger charge is 2.30. The summed E-state index contributed by atoms with van der Waals surface area (Å²) in [5.74, 6) is -0.493. The molecule has 0 radical (unpaired) electrons. The molecule has 0 heterocycles. The zero-order valence-corrected chi connectivity index (χ0v) is 8.41. The van der Waals surface area contributed by atoms with Gasteiger partial charge >= 0.3 is 6.18 Å². The molecular formula is C9H10ClF4N. The van der Waals surface area contributed by atoms with E-state index in [0.29, 0.717) is 0 Å². The van der Waals surface area contributed by atoms with Crippen molar-refractivity contribution in [3.8, 4) is 0 Å². The summed E-state index contributed by atoms with van der Waals surface area (Å²) >= 11 is 0. The number of halogens is 5. The number of benzene rings is 1. The Labute approximate surface area is 90.7 Å². The van der Waals surface area contributed by atoms with E-state index in [0.717, 1.165) is 12.1 Å². The minimum absolute atomic E-state index is 0. The highest BCUT2D eigenvalue weighted by molar-refractivity contribution is 5.85. The van der Waals surface area contributed by atoms with Crippen molar-refractivity contribution in [2.45, 2.75) is 18.6 Å². The minimum atomic E-state index is -4.30. The summed E-state index contributed by atoms with van der Waals surface area (Å²) in [4.78, 5) is 0. The largest absolute Gasteiger partial charge is 0.390 e. The Morgan fingerprint density at radius 1 is 1.13 bits per heavy atom. The quantitative estimate of drug-likeness (QED) is 0.793. The van der Waals surface area contributed by atoms with E-state index in [2.05, 4.69) is 0 Å². The van der Waals surface area contributed by atoms with E-state index in [-0.39, 0.29) is 18.0 Å². The van der Waals surface area contributed by atoms with Gasteiger partial charge in [-0.2, -0.15) is 13.2 Å². The van der Waals surface area contributed by atoms with Crippen molar-refractivity contribution in [3.05, 3.63) is 35.6 Å². The van der Waals surface area contributed by atoms with Crippen molar-refractivity contribution < 1.29 is 17.6 Å².